The van der Waals surface area contributed by atoms with E-state index < -0.39 is 5.54 Å². The van der Waals surface area contributed by atoms with Gasteiger partial charge in [-0.1, -0.05) is 24.8 Å². The Labute approximate surface area is 71.2 Å². The van der Waals surface area contributed by atoms with Crippen molar-refractivity contribution in [1.82, 2.24) is 0 Å². The van der Waals surface area contributed by atoms with Crippen LogP contribution in [0.4, 0.5) is 0 Å². The summed E-state index contributed by atoms with van der Waals surface area (Å²) >= 11 is 0. The van der Waals surface area contributed by atoms with Gasteiger partial charge in [-0.25, -0.2) is 0 Å². The SMILES string of the molecule is C=CC1=CCC(C)([N+](=O)[O-])C=C1. The maximum absolute atomic E-state index is 10.6. The molecule has 1 rings (SSSR count). The number of nitrogens with zero attached hydrogens (tertiary/aromatic N) is 1. The van der Waals surface area contributed by atoms with Crippen LogP contribution in [-0.4, -0.2) is 10.5 Å². The van der Waals surface area contributed by atoms with Crippen molar-refractivity contribution in [2.45, 2.75) is 18.9 Å². The van der Waals surface area contributed by atoms with E-state index in [2.05, 4.69) is 6.58 Å². The molecule has 0 spiro atoms. The van der Waals surface area contributed by atoms with Crippen LogP contribution in [0.3, 0.4) is 0 Å². The molecule has 0 aromatic heterocycles. The highest BCUT2D eigenvalue weighted by molar-refractivity contribution is 5.34. The Balaban J connectivity index is 2.83. The molecule has 0 fully saturated rings. The molecule has 64 valence electrons. The van der Waals surface area contributed by atoms with Gasteiger partial charge in [0.1, 0.15) is 0 Å². The van der Waals surface area contributed by atoms with Crippen LogP contribution >= 0.6 is 0 Å². The highest BCUT2D eigenvalue weighted by Crippen LogP contribution is 2.23. The second kappa shape index (κ2) is 2.93. The standard InChI is InChI=1S/C9H11NO2/c1-3-8-4-6-9(2,7-5-8)10(11)12/h3-6H,1,7H2,2H3. The lowest BCUT2D eigenvalue weighted by molar-refractivity contribution is -0.549. The molecule has 3 heteroatoms. The van der Waals surface area contributed by atoms with E-state index in [1.165, 1.54) is 0 Å². The molecule has 12 heavy (non-hydrogen) atoms. The minimum atomic E-state index is -0.924. The van der Waals surface area contributed by atoms with Gasteiger partial charge in [-0.2, -0.15) is 0 Å². The Bertz CT molecular complexity index is 278. The lowest BCUT2D eigenvalue weighted by Gasteiger charge is -2.18. The van der Waals surface area contributed by atoms with Crippen LogP contribution in [0.15, 0.2) is 36.5 Å². The van der Waals surface area contributed by atoms with Gasteiger partial charge in [0.25, 0.3) is 0 Å². The molecule has 0 saturated heterocycles. The summed E-state index contributed by atoms with van der Waals surface area (Å²) in [6.45, 7) is 5.20. The fourth-order valence-corrected chi connectivity index (χ4v) is 1.02. The maximum atomic E-state index is 10.6. The van der Waals surface area contributed by atoms with Crippen LogP contribution in [0.2, 0.25) is 0 Å². The van der Waals surface area contributed by atoms with Crippen LogP contribution in [0.25, 0.3) is 0 Å². The molecule has 0 aromatic rings. The fourth-order valence-electron chi connectivity index (χ4n) is 1.02. The molecule has 1 aliphatic rings. The predicted octanol–water partition coefficient (Wildman–Crippen LogP) is 2.09. The van der Waals surface area contributed by atoms with Crippen molar-refractivity contribution in [3.05, 3.63) is 46.6 Å². The third-order valence-corrected chi connectivity index (χ3v) is 2.04. The van der Waals surface area contributed by atoms with Gasteiger partial charge in [-0.15, -0.1) is 0 Å². The number of allylic oxidation sites excluding steroid dienone is 3. The van der Waals surface area contributed by atoms with Gasteiger partial charge in [0.05, 0.1) is 0 Å². The van der Waals surface area contributed by atoms with Crippen LogP contribution in [0, 0.1) is 10.1 Å². The molecular weight excluding hydrogens is 154 g/mol. The van der Waals surface area contributed by atoms with Gasteiger partial charge in [0.2, 0.25) is 5.54 Å². The zero-order valence-corrected chi connectivity index (χ0v) is 6.99. The highest BCUT2D eigenvalue weighted by Gasteiger charge is 2.34. The second-order valence-electron chi connectivity index (χ2n) is 3.06. The first kappa shape index (κ1) is 8.71. The normalized spacial score (nSPS) is 27.9. The van der Waals surface area contributed by atoms with Gasteiger partial charge in [0, 0.05) is 18.3 Å². The third kappa shape index (κ3) is 1.44. The molecule has 1 unspecified atom stereocenters. The summed E-state index contributed by atoms with van der Waals surface area (Å²) in [5.41, 5.74) is 0.0290. The van der Waals surface area contributed by atoms with E-state index in [-0.39, 0.29) is 4.92 Å². The van der Waals surface area contributed by atoms with Gasteiger partial charge < -0.3 is 0 Å². The van der Waals surface area contributed by atoms with Gasteiger partial charge in [-0.05, 0) is 11.6 Å². The van der Waals surface area contributed by atoms with E-state index >= 15 is 0 Å². The molecule has 0 heterocycles. The summed E-state index contributed by atoms with van der Waals surface area (Å²) in [7, 11) is 0. The highest BCUT2D eigenvalue weighted by atomic mass is 16.6. The molecule has 0 bridgehead atoms. The summed E-state index contributed by atoms with van der Waals surface area (Å²) in [5.74, 6) is 0. The number of rotatable bonds is 2. The maximum Gasteiger partial charge on any atom is 0.241 e. The van der Waals surface area contributed by atoms with Crippen molar-refractivity contribution in [3.8, 4) is 0 Å². The van der Waals surface area contributed by atoms with Crippen LogP contribution in [-0.2, 0) is 0 Å². The van der Waals surface area contributed by atoms with Crippen molar-refractivity contribution >= 4 is 0 Å². The van der Waals surface area contributed by atoms with Gasteiger partial charge in [0.15, 0.2) is 0 Å². The van der Waals surface area contributed by atoms with E-state index in [1.54, 1.807) is 25.2 Å². The summed E-state index contributed by atoms with van der Waals surface area (Å²) in [5, 5.41) is 10.6. The molecule has 0 radical (unpaired) electrons. The van der Waals surface area contributed by atoms with E-state index in [0.717, 1.165) is 5.57 Å². The van der Waals surface area contributed by atoms with E-state index in [0.29, 0.717) is 6.42 Å². The summed E-state index contributed by atoms with van der Waals surface area (Å²) in [6, 6.07) is 0. The lowest BCUT2D eigenvalue weighted by atomic mass is 9.91. The van der Waals surface area contributed by atoms with Gasteiger partial charge in [-0.3, -0.25) is 10.1 Å². The smallest absolute Gasteiger partial charge is 0.241 e. The first-order valence-corrected chi connectivity index (χ1v) is 3.75. The average molecular weight is 165 g/mol. The zero-order valence-electron chi connectivity index (χ0n) is 6.99. The third-order valence-electron chi connectivity index (χ3n) is 2.04. The van der Waals surface area contributed by atoms with Crippen LogP contribution in [0.1, 0.15) is 13.3 Å². The molecule has 1 aliphatic carbocycles. The lowest BCUT2D eigenvalue weighted by Crippen LogP contribution is -2.32. The average Bonchev–Trinajstić information content (AvgIpc) is 2.06. The minimum absolute atomic E-state index is 0.264. The van der Waals surface area contributed by atoms with Crippen LogP contribution < -0.4 is 0 Å². The van der Waals surface area contributed by atoms with E-state index in [9.17, 15) is 10.1 Å². The fraction of sp³-hybridized carbons (Fsp3) is 0.333. The molecule has 3 nitrogen and oxygen atoms in total. The molecular formula is C9H11NO2. The molecule has 0 N–H and O–H groups in total. The molecule has 1 atom stereocenters. The molecule has 0 amide bonds. The van der Waals surface area contributed by atoms with Crippen molar-refractivity contribution in [1.29, 1.82) is 0 Å². The number of nitro groups is 1. The Morgan fingerprint density at radius 1 is 1.83 bits per heavy atom. The van der Waals surface area contributed by atoms with Crippen molar-refractivity contribution in [2.75, 3.05) is 0 Å². The molecule has 0 aromatic carbocycles. The quantitative estimate of drug-likeness (QED) is 0.464. The Hall–Kier alpha value is -1.38. The van der Waals surface area contributed by atoms with Crippen LogP contribution in [0.5, 0.6) is 0 Å². The summed E-state index contributed by atoms with van der Waals surface area (Å²) in [6.07, 6.45) is 7.31. The molecule has 0 aliphatic heterocycles. The minimum Gasteiger partial charge on any atom is -0.264 e. The Morgan fingerprint density at radius 3 is 2.83 bits per heavy atom. The van der Waals surface area contributed by atoms with Crippen molar-refractivity contribution < 1.29 is 4.92 Å². The summed E-state index contributed by atoms with van der Waals surface area (Å²) < 4.78 is 0. The van der Waals surface area contributed by atoms with E-state index in [1.807, 2.05) is 6.08 Å². The zero-order chi connectivity index (χ0) is 9.19. The van der Waals surface area contributed by atoms with Crippen molar-refractivity contribution in [3.63, 3.8) is 0 Å². The topological polar surface area (TPSA) is 43.1 Å². The number of hydrogen-bond acceptors (Lipinski definition) is 2. The first-order chi connectivity index (χ1) is 5.58. The Kier molecular flexibility index (Phi) is 2.13. The second-order valence-corrected chi connectivity index (χ2v) is 3.06. The largest absolute Gasteiger partial charge is 0.264 e. The first-order valence-electron chi connectivity index (χ1n) is 3.75. The Morgan fingerprint density at radius 2 is 2.50 bits per heavy atom. The van der Waals surface area contributed by atoms with Gasteiger partial charge >= 0.3 is 0 Å². The predicted molar refractivity (Wildman–Crippen MR) is 47.4 cm³/mol. The monoisotopic (exact) mass is 165 g/mol. The summed E-state index contributed by atoms with van der Waals surface area (Å²) in [4.78, 5) is 10.3. The van der Waals surface area contributed by atoms with Crippen molar-refractivity contribution in [2.24, 2.45) is 0 Å². The number of hydrogen-bond donors (Lipinski definition) is 0. The van der Waals surface area contributed by atoms with E-state index in [4.69, 9.17) is 0 Å². The molecule has 0 saturated carbocycles.